The number of nitrogens with zero attached hydrogens (tertiary/aromatic N) is 2. The van der Waals surface area contributed by atoms with E-state index < -0.39 is 0 Å². The Morgan fingerprint density at radius 1 is 1.29 bits per heavy atom. The van der Waals surface area contributed by atoms with E-state index in [0.717, 1.165) is 23.7 Å². The summed E-state index contributed by atoms with van der Waals surface area (Å²) >= 11 is 5.30. The van der Waals surface area contributed by atoms with Crippen molar-refractivity contribution in [1.82, 2.24) is 15.1 Å². The van der Waals surface area contributed by atoms with Gasteiger partial charge in [-0.15, -0.1) is 0 Å². The number of aromatic nitrogens is 2. The van der Waals surface area contributed by atoms with Crippen molar-refractivity contribution < 1.29 is 4.74 Å². The molecule has 0 atom stereocenters. The van der Waals surface area contributed by atoms with Crippen molar-refractivity contribution in [3.05, 3.63) is 42.2 Å². The molecule has 1 heterocycles. The monoisotopic (exact) mass is 304 g/mol. The van der Waals surface area contributed by atoms with E-state index in [2.05, 4.69) is 22.7 Å². The topological polar surface area (TPSA) is 51.1 Å². The SMILES string of the molecule is CCOc1ccccc1NC(=S)NCc1ccn(CC)n1. The molecule has 1 aromatic heterocycles. The maximum Gasteiger partial charge on any atom is 0.171 e. The molecule has 0 amide bonds. The number of nitrogens with one attached hydrogen (secondary N) is 2. The fourth-order valence-electron chi connectivity index (χ4n) is 1.86. The molecule has 0 spiro atoms. The molecule has 2 aromatic rings. The highest BCUT2D eigenvalue weighted by molar-refractivity contribution is 7.80. The molecular formula is C15H20N4OS. The zero-order valence-electron chi connectivity index (χ0n) is 12.3. The number of ether oxygens (including phenoxy) is 1. The number of hydrogen-bond acceptors (Lipinski definition) is 3. The van der Waals surface area contributed by atoms with Crippen LogP contribution in [0.25, 0.3) is 0 Å². The van der Waals surface area contributed by atoms with E-state index in [4.69, 9.17) is 17.0 Å². The first-order valence-electron chi connectivity index (χ1n) is 7.02. The van der Waals surface area contributed by atoms with Gasteiger partial charge >= 0.3 is 0 Å². The molecule has 0 unspecified atom stereocenters. The number of aryl methyl sites for hydroxylation is 1. The number of hydrogen-bond donors (Lipinski definition) is 2. The van der Waals surface area contributed by atoms with E-state index in [-0.39, 0.29) is 0 Å². The third kappa shape index (κ3) is 4.46. The fourth-order valence-corrected chi connectivity index (χ4v) is 2.04. The standard InChI is InChI=1S/C15H20N4OS/c1-3-19-10-9-12(18-19)11-16-15(21)17-13-7-5-6-8-14(13)20-4-2/h5-10H,3-4,11H2,1-2H3,(H2,16,17,21). The van der Waals surface area contributed by atoms with Gasteiger partial charge in [-0.05, 0) is 44.3 Å². The summed E-state index contributed by atoms with van der Waals surface area (Å²) in [5, 5.41) is 11.2. The second-order valence-corrected chi connectivity index (χ2v) is 4.81. The van der Waals surface area contributed by atoms with E-state index in [0.29, 0.717) is 18.3 Å². The first-order valence-corrected chi connectivity index (χ1v) is 7.42. The Balaban J connectivity index is 1.89. The molecule has 2 N–H and O–H groups in total. The van der Waals surface area contributed by atoms with Crippen molar-refractivity contribution in [1.29, 1.82) is 0 Å². The van der Waals surface area contributed by atoms with Gasteiger partial charge in [0, 0.05) is 12.7 Å². The zero-order valence-corrected chi connectivity index (χ0v) is 13.1. The maximum absolute atomic E-state index is 5.55. The van der Waals surface area contributed by atoms with Crippen molar-refractivity contribution in [3.63, 3.8) is 0 Å². The highest BCUT2D eigenvalue weighted by Gasteiger charge is 2.05. The van der Waals surface area contributed by atoms with Gasteiger partial charge in [0.2, 0.25) is 0 Å². The van der Waals surface area contributed by atoms with Crippen LogP contribution in [0.1, 0.15) is 19.5 Å². The van der Waals surface area contributed by atoms with Gasteiger partial charge < -0.3 is 15.4 Å². The Labute approximate surface area is 130 Å². The van der Waals surface area contributed by atoms with Crippen molar-refractivity contribution in [2.45, 2.75) is 26.9 Å². The van der Waals surface area contributed by atoms with E-state index in [1.807, 2.05) is 48.1 Å². The van der Waals surface area contributed by atoms with E-state index >= 15 is 0 Å². The van der Waals surface area contributed by atoms with Gasteiger partial charge in [0.15, 0.2) is 5.11 Å². The number of anilines is 1. The van der Waals surface area contributed by atoms with Crippen LogP contribution in [0.2, 0.25) is 0 Å². The molecule has 0 aliphatic heterocycles. The van der Waals surface area contributed by atoms with Gasteiger partial charge in [-0.25, -0.2) is 0 Å². The molecule has 0 aliphatic rings. The lowest BCUT2D eigenvalue weighted by molar-refractivity contribution is 0.342. The van der Waals surface area contributed by atoms with E-state index in [9.17, 15) is 0 Å². The summed E-state index contributed by atoms with van der Waals surface area (Å²) in [5.41, 5.74) is 1.81. The molecule has 21 heavy (non-hydrogen) atoms. The normalized spacial score (nSPS) is 10.2. The Bertz CT molecular complexity index is 597. The molecule has 1 aromatic carbocycles. The molecule has 0 aliphatic carbocycles. The van der Waals surface area contributed by atoms with Gasteiger partial charge in [0.25, 0.3) is 0 Å². The van der Waals surface area contributed by atoms with Crippen molar-refractivity contribution in [3.8, 4) is 5.75 Å². The molecule has 5 nitrogen and oxygen atoms in total. The van der Waals surface area contributed by atoms with Gasteiger partial charge in [0.1, 0.15) is 5.75 Å². The zero-order chi connectivity index (χ0) is 15.1. The van der Waals surface area contributed by atoms with Gasteiger partial charge in [-0.1, -0.05) is 12.1 Å². The summed E-state index contributed by atoms with van der Waals surface area (Å²) in [6.45, 7) is 6.09. The lowest BCUT2D eigenvalue weighted by Crippen LogP contribution is -2.28. The smallest absolute Gasteiger partial charge is 0.171 e. The lowest BCUT2D eigenvalue weighted by Gasteiger charge is -2.13. The predicted octanol–water partition coefficient (Wildman–Crippen LogP) is 2.79. The second-order valence-electron chi connectivity index (χ2n) is 4.40. The van der Waals surface area contributed by atoms with Gasteiger partial charge in [-0.3, -0.25) is 4.68 Å². The van der Waals surface area contributed by atoms with Crippen LogP contribution in [0.3, 0.4) is 0 Å². The molecule has 2 rings (SSSR count). The third-order valence-corrected chi connectivity index (χ3v) is 3.13. The second kappa shape index (κ2) is 7.64. The molecule has 6 heteroatoms. The van der Waals surface area contributed by atoms with E-state index in [1.165, 1.54) is 0 Å². The van der Waals surface area contributed by atoms with Crippen LogP contribution in [0, 0.1) is 0 Å². The van der Waals surface area contributed by atoms with Crippen LogP contribution in [0.4, 0.5) is 5.69 Å². The van der Waals surface area contributed by atoms with Crippen LogP contribution in [0.15, 0.2) is 36.5 Å². The van der Waals surface area contributed by atoms with E-state index in [1.54, 1.807) is 0 Å². The minimum Gasteiger partial charge on any atom is -0.492 e. The molecular weight excluding hydrogens is 284 g/mol. The van der Waals surface area contributed by atoms with Crippen LogP contribution in [-0.2, 0) is 13.1 Å². The first kappa shape index (κ1) is 15.3. The maximum atomic E-state index is 5.55. The summed E-state index contributed by atoms with van der Waals surface area (Å²) in [6, 6.07) is 9.70. The largest absolute Gasteiger partial charge is 0.492 e. The van der Waals surface area contributed by atoms with Crippen molar-refractivity contribution in [2.24, 2.45) is 0 Å². The van der Waals surface area contributed by atoms with Gasteiger partial charge in [-0.2, -0.15) is 5.10 Å². The van der Waals surface area contributed by atoms with Crippen LogP contribution in [-0.4, -0.2) is 21.5 Å². The average Bonchev–Trinajstić information content (AvgIpc) is 2.95. The number of benzene rings is 1. The minimum atomic E-state index is 0.549. The molecule has 0 saturated heterocycles. The summed E-state index contributed by atoms with van der Waals surface area (Å²) in [7, 11) is 0. The number of thiocarbonyl (C=S) groups is 1. The fraction of sp³-hybridized carbons (Fsp3) is 0.333. The van der Waals surface area contributed by atoms with Crippen LogP contribution >= 0.6 is 12.2 Å². The molecule has 0 saturated carbocycles. The molecule has 0 radical (unpaired) electrons. The average molecular weight is 304 g/mol. The van der Waals surface area contributed by atoms with Crippen molar-refractivity contribution >= 4 is 23.0 Å². The first-order chi connectivity index (χ1) is 10.2. The minimum absolute atomic E-state index is 0.549. The van der Waals surface area contributed by atoms with Crippen LogP contribution in [0.5, 0.6) is 5.75 Å². The van der Waals surface area contributed by atoms with Gasteiger partial charge in [0.05, 0.1) is 24.5 Å². The van der Waals surface area contributed by atoms with Crippen LogP contribution < -0.4 is 15.4 Å². The highest BCUT2D eigenvalue weighted by Crippen LogP contribution is 2.23. The summed E-state index contributed by atoms with van der Waals surface area (Å²) in [6.07, 6.45) is 1.96. The number of para-hydroxylation sites is 2. The Hall–Kier alpha value is -2.08. The highest BCUT2D eigenvalue weighted by atomic mass is 32.1. The van der Waals surface area contributed by atoms with Crippen molar-refractivity contribution in [2.75, 3.05) is 11.9 Å². The summed E-state index contributed by atoms with van der Waals surface area (Å²) in [5.74, 6) is 0.791. The molecule has 0 bridgehead atoms. The predicted molar refractivity (Wildman–Crippen MR) is 88.6 cm³/mol. The summed E-state index contributed by atoms with van der Waals surface area (Å²) < 4.78 is 7.44. The Morgan fingerprint density at radius 2 is 2.10 bits per heavy atom. The Kier molecular flexibility index (Phi) is 5.57. The Morgan fingerprint density at radius 3 is 2.81 bits per heavy atom. The third-order valence-electron chi connectivity index (χ3n) is 2.89. The molecule has 0 fully saturated rings. The molecule has 112 valence electrons. The quantitative estimate of drug-likeness (QED) is 0.804. The lowest BCUT2D eigenvalue weighted by atomic mass is 10.3. The number of rotatable bonds is 6. The summed E-state index contributed by atoms with van der Waals surface area (Å²) in [4.78, 5) is 0.